The molecule has 6 nitrogen and oxygen atoms in total. The van der Waals surface area contributed by atoms with Gasteiger partial charge in [-0.2, -0.15) is 5.26 Å². The topological polar surface area (TPSA) is 76.4 Å². The first-order valence-corrected chi connectivity index (χ1v) is 6.90. The molecule has 0 unspecified atom stereocenters. The molecule has 1 aliphatic heterocycles. The van der Waals surface area contributed by atoms with Crippen LogP contribution in [-0.2, 0) is 4.79 Å². The molecule has 3 amide bonds. The highest BCUT2D eigenvalue weighted by Gasteiger charge is 2.24. The summed E-state index contributed by atoms with van der Waals surface area (Å²) in [6, 6.07) is 8.79. The Labute approximate surface area is 123 Å². The summed E-state index contributed by atoms with van der Waals surface area (Å²) >= 11 is 0. The molecule has 0 aromatic heterocycles. The van der Waals surface area contributed by atoms with E-state index in [-0.39, 0.29) is 11.9 Å². The summed E-state index contributed by atoms with van der Waals surface area (Å²) in [5.41, 5.74) is 1.24. The molecule has 1 aliphatic rings. The van der Waals surface area contributed by atoms with E-state index in [1.807, 2.05) is 6.07 Å². The van der Waals surface area contributed by atoms with Crippen LogP contribution in [-0.4, -0.2) is 48.4 Å². The van der Waals surface area contributed by atoms with Gasteiger partial charge >= 0.3 is 6.03 Å². The number of likely N-dealkylation sites (N-methyl/N-ethyl adjacent to an activating group) is 1. The summed E-state index contributed by atoms with van der Waals surface area (Å²) in [5, 5.41) is 11.5. The number of nitriles is 1. The molecular weight excluding hydrogens is 268 g/mol. The monoisotopic (exact) mass is 286 g/mol. The zero-order chi connectivity index (χ0) is 15.2. The highest BCUT2D eigenvalue weighted by Crippen LogP contribution is 2.11. The Morgan fingerprint density at radius 3 is 2.62 bits per heavy atom. The van der Waals surface area contributed by atoms with Gasteiger partial charge < -0.3 is 15.1 Å². The van der Waals surface area contributed by atoms with E-state index < -0.39 is 0 Å². The van der Waals surface area contributed by atoms with Crippen LogP contribution in [0.2, 0.25) is 0 Å². The average molecular weight is 286 g/mol. The maximum atomic E-state index is 11.8. The first kappa shape index (κ1) is 14.9. The molecule has 2 rings (SSSR count). The van der Waals surface area contributed by atoms with Crippen LogP contribution in [0.25, 0.3) is 0 Å². The summed E-state index contributed by atoms with van der Waals surface area (Å²) in [5.74, 6) is -0.0836. The van der Waals surface area contributed by atoms with E-state index in [0.717, 1.165) is 13.1 Å². The van der Waals surface area contributed by atoms with E-state index in [2.05, 4.69) is 5.32 Å². The minimum Gasteiger partial charge on any atom is -0.326 e. The summed E-state index contributed by atoms with van der Waals surface area (Å²) < 4.78 is 0. The molecule has 1 aromatic carbocycles. The van der Waals surface area contributed by atoms with Gasteiger partial charge in [0.2, 0.25) is 5.91 Å². The van der Waals surface area contributed by atoms with Crippen molar-refractivity contribution in [1.82, 2.24) is 9.80 Å². The number of amides is 3. The molecule has 110 valence electrons. The normalized spacial score (nSPS) is 14.2. The third-order valence-corrected chi connectivity index (χ3v) is 3.43. The van der Waals surface area contributed by atoms with Crippen LogP contribution in [0, 0.1) is 11.3 Å². The summed E-state index contributed by atoms with van der Waals surface area (Å²) in [6.07, 6.45) is 1.01. The number of rotatable bonds is 5. The van der Waals surface area contributed by atoms with Gasteiger partial charge in [0, 0.05) is 38.8 Å². The van der Waals surface area contributed by atoms with Gasteiger partial charge in [-0.15, -0.1) is 0 Å². The summed E-state index contributed by atoms with van der Waals surface area (Å²) in [7, 11) is 1.78. The Morgan fingerprint density at radius 2 is 2.05 bits per heavy atom. The van der Waals surface area contributed by atoms with Crippen molar-refractivity contribution in [1.29, 1.82) is 5.26 Å². The first-order chi connectivity index (χ1) is 10.1. The van der Waals surface area contributed by atoms with E-state index in [1.54, 1.807) is 41.1 Å². The largest absolute Gasteiger partial charge is 0.326 e. The van der Waals surface area contributed by atoms with Crippen LogP contribution in [0.5, 0.6) is 0 Å². The molecule has 21 heavy (non-hydrogen) atoms. The molecule has 0 saturated carbocycles. The second-order valence-corrected chi connectivity index (χ2v) is 5.03. The Hall–Kier alpha value is -2.55. The maximum absolute atomic E-state index is 11.8. The van der Waals surface area contributed by atoms with Gasteiger partial charge in [0.15, 0.2) is 0 Å². The number of nitrogens with one attached hydrogen (secondary N) is 1. The molecule has 0 radical (unpaired) electrons. The van der Waals surface area contributed by atoms with E-state index in [4.69, 9.17) is 5.26 Å². The molecule has 0 atom stereocenters. The van der Waals surface area contributed by atoms with Crippen molar-refractivity contribution in [3.05, 3.63) is 29.8 Å². The third kappa shape index (κ3) is 3.96. The van der Waals surface area contributed by atoms with Gasteiger partial charge in [0.05, 0.1) is 11.6 Å². The molecule has 1 fully saturated rings. The standard InChI is InChI=1S/C15H18N4O2/c1-18-9-10-19(15(18)21)8-2-3-14(20)17-13-6-4-12(11-16)5-7-13/h4-7H,2-3,8-10H2,1H3,(H,17,20). The maximum Gasteiger partial charge on any atom is 0.319 e. The predicted molar refractivity (Wildman–Crippen MR) is 78.6 cm³/mol. The van der Waals surface area contributed by atoms with Crippen LogP contribution < -0.4 is 5.32 Å². The fraction of sp³-hybridized carbons (Fsp3) is 0.400. The zero-order valence-corrected chi connectivity index (χ0v) is 12.0. The Morgan fingerprint density at radius 1 is 1.33 bits per heavy atom. The molecule has 1 N–H and O–H groups in total. The van der Waals surface area contributed by atoms with Crippen LogP contribution in [0.3, 0.4) is 0 Å². The minimum absolute atomic E-state index is 0.0301. The summed E-state index contributed by atoms with van der Waals surface area (Å²) in [4.78, 5) is 26.9. The summed E-state index contributed by atoms with van der Waals surface area (Å²) in [6.45, 7) is 2.08. The fourth-order valence-corrected chi connectivity index (χ4v) is 2.19. The lowest BCUT2D eigenvalue weighted by molar-refractivity contribution is -0.116. The van der Waals surface area contributed by atoms with Crippen molar-refractivity contribution in [2.45, 2.75) is 12.8 Å². The molecular formula is C15H18N4O2. The smallest absolute Gasteiger partial charge is 0.319 e. The van der Waals surface area contributed by atoms with Crippen molar-refractivity contribution in [2.75, 3.05) is 32.0 Å². The third-order valence-electron chi connectivity index (χ3n) is 3.43. The average Bonchev–Trinajstić information content (AvgIpc) is 2.80. The Bertz CT molecular complexity index is 562. The second kappa shape index (κ2) is 6.75. The second-order valence-electron chi connectivity index (χ2n) is 5.03. The lowest BCUT2D eigenvalue weighted by Gasteiger charge is -2.15. The predicted octanol–water partition coefficient (Wildman–Crippen LogP) is 1.64. The Balaban J connectivity index is 1.72. The molecule has 0 aliphatic carbocycles. The Kier molecular flexibility index (Phi) is 4.77. The number of urea groups is 1. The highest BCUT2D eigenvalue weighted by molar-refractivity contribution is 5.90. The molecule has 6 heteroatoms. The van der Waals surface area contributed by atoms with Gasteiger partial charge in [0.25, 0.3) is 0 Å². The number of anilines is 1. The zero-order valence-electron chi connectivity index (χ0n) is 12.0. The van der Waals surface area contributed by atoms with Gasteiger partial charge in [-0.1, -0.05) is 0 Å². The van der Waals surface area contributed by atoms with Gasteiger partial charge in [0.1, 0.15) is 0 Å². The number of benzene rings is 1. The molecule has 0 bridgehead atoms. The van der Waals surface area contributed by atoms with E-state index in [9.17, 15) is 9.59 Å². The van der Waals surface area contributed by atoms with Crippen LogP contribution in [0.1, 0.15) is 18.4 Å². The quantitative estimate of drug-likeness (QED) is 0.894. The van der Waals surface area contributed by atoms with Crippen molar-refractivity contribution in [3.63, 3.8) is 0 Å². The van der Waals surface area contributed by atoms with Crippen molar-refractivity contribution >= 4 is 17.6 Å². The molecule has 0 spiro atoms. The SMILES string of the molecule is CN1CCN(CCCC(=O)Nc2ccc(C#N)cc2)C1=O. The number of carbonyl (C=O) groups is 2. The molecule has 1 aromatic rings. The van der Waals surface area contributed by atoms with Crippen molar-refractivity contribution in [2.24, 2.45) is 0 Å². The van der Waals surface area contributed by atoms with E-state index >= 15 is 0 Å². The number of hydrogen-bond donors (Lipinski definition) is 1. The highest BCUT2D eigenvalue weighted by atomic mass is 16.2. The number of hydrogen-bond acceptors (Lipinski definition) is 3. The fourth-order valence-electron chi connectivity index (χ4n) is 2.19. The van der Waals surface area contributed by atoms with Crippen molar-refractivity contribution < 1.29 is 9.59 Å². The number of nitrogens with zero attached hydrogens (tertiary/aromatic N) is 3. The van der Waals surface area contributed by atoms with Gasteiger partial charge in [-0.3, -0.25) is 4.79 Å². The number of carbonyl (C=O) groups excluding carboxylic acids is 2. The molecule has 1 saturated heterocycles. The lowest BCUT2D eigenvalue weighted by Crippen LogP contribution is -2.30. The van der Waals surface area contributed by atoms with Crippen LogP contribution in [0.15, 0.2) is 24.3 Å². The van der Waals surface area contributed by atoms with E-state index in [1.165, 1.54) is 0 Å². The lowest BCUT2D eigenvalue weighted by atomic mass is 10.2. The first-order valence-electron chi connectivity index (χ1n) is 6.90. The molecule has 1 heterocycles. The van der Waals surface area contributed by atoms with Gasteiger partial charge in [-0.05, 0) is 30.7 Å². The van der Waals surface area contributed by atoms with E-state index in [0.29, 0.717) is 30.6 Å². The van der Waals surface area contributed by atoms with Gasteiger partial charge in [-0.25, -0.2) is 4.79 Å². The van der Waals surface area contributed by atoms with Crippen LogP contribution in [0.4, 0.5) is 10.5 Å². The minimum atomic E-state index is -0.0836. The van der Waals surface area contributed by atoms with Crippen molar-refractivity contribution in [3.8, 4) is 6.07 Å². The van der Waals surface area contributed by atoms with Crippen LogP contribution >= 0.6 is 0 Å².